The van der Waals surface area contributed by atoms with Crippen LogP contribution in [0.15, 0.2) is 18.2 Å². The molecular weight excluding hydrogens is 302 g/mol. The Morgan fingerprint density at radius 2 is 1.95 bits per heavy atom. The molecule has 122 valence electrons. The standard InChI is InChI=1S/C16H23NO4S/c1-12-3-4-14(9-13(12)2)10-17(15-5-6-15)7-8-22(20,21)11-16(18)19/h3-4,9,15H,5-8,10-11H2,1-2H3,(H,18,19). The van der Waals surface area contributed by atoms with Gasteiger partial charge in [-0.25, -0.2) is 8.42 Å². The van der Waals surface area contributed by atoms with Gasteiger partial charge in [0.05, 0.1) is 5.75 Å². The summed E-state index contributed by atoms with van der Waals surface area (Å²) in [5.74, 6) is -2.16. The Morgan fingerprint density at radius 1 is 1.27 bits per heavy atom. The Labute approximate surface area is 131 Å². The molecule has 22 heavy (non-hydrogen) atoms. The molecule has 5 nitrogen and oxygen atoms in total. The predicted molar refractivity (Wildman–Crippen MR) is 85.6 cm³/mol. The fraction of sp³-hybridized carbons (Fsp3) is 0.562. The highest BCUT2D eigenvalue weighted by atomic mass is 32.2. The molecule has 0 saturated heterocycles. The Bertz CT molecular complexity index is 650. The number of aryl methyl sites for hydroxylation is 2. The maximum absolute atomic E-state index is 11.7. The van der Waals surface area contributed by atoms with Gasteiger partial charge in [-0.05, 0) is 43.4 Å². The van der Waals surface area contributed by atoms with E-state index in [0.29, 0.717) is 19.1 Å². The van der Waals surface area contributed by atoms with Crippen LogP contribution in [0, 0.1) is 13.8 Å². The first-order chi connectivity index (χ1) is 10.3. The molecule has 1 aliphatic carbocycles. The summed E-state index contributed by atoms with van der Waals surface area (Å²) in [7, 11) is -3.53. The lowest BCUT2D eigenvalue weighted by atomic mass is 10.1. The third kappa shape index (κ3) is 5.10. The van der Waals surface area contributed by atoms with Crippen LogP contribution in [-0.4, -0.2) is 48.5 Å². The molecule has 0 bridgehead atoms. The van der Waals surface area contributed by atoms with Crippen molar-refractivity contribution < 1.29 is 18.3 Å². The van der Waals surface area contributed by atoms with Crippen molar-refractivity contribution in [3.8, 4) is 0 Å². The summed E-state index contributed by atoms with van der Waals surface area (Å²) in [6.45, 7) is 5.25. The number of sulfone groups is 1. The van der Waals surface area contributed by atoms with E-state index in [1.165, 1.54) is 16.7 Å². The van der Waals surface area contributed by atoms with E-state index < -0.39 is 21.6 Å². The van der Waals surface area contributed by atoms with E-state index in [0.717, 1.165) is 12.8 Å². The van der Waals surface area contributed by atoms with Crippen molar-refractivity contribution >= 4 is 15.8 Å². The highest BCUT2D eigenvalue weighted by Gasteiger charge is 2.30. The quantitative estimate of drug-likeness (QED) is 0.788. The van der Waals surface area contributed by atoms with Gasteiger partial charge in [-0.15, -0.1) is 0 Å². The Hall–Kier alpha value is -1.40. The first-order valence-electron chi connectivity index (χ1n) is 7.49. The fourth-order valence-electron chi connectivity index (χ4n) is 2.48. The lowest BCUT2D eigenvalue weighted by Gasteiger charge is -2.22. The van der Waals surface area contributed by atoms with Gasteiger partial charge in [0.15, 0.2) is 9.84 Å². The second-order valence-corrected chi connectivity index (χ2v) is 8.29. The SMILES string of the molecule is Cc1ccc(CN(CCS(=O)(=O)CC(=O)O)C2CC2)cc1C. The van der Waals surface area contributed by atoms with Crippen molar-refractivity contribution in [3.05, 3.63) is 34.9 Å². The molecule has 0 spiro atoms. The van der Waals surface area contributed by atoms with Gasteiger partial charge in [0.1, 0.15) is 5.75 Å². The molecule has 0 amide bonds. The third-order valence-corrected chi connectivity index (χ3v) is 5.54. The van der Waals surface area contributed by atoms with Crippen molar-refractivity contribution in [3.63, 3.8) is 0 Å². The molecule has 1 fully saturated rings. The number of carboxylic acid groups (broad SMARTS) is 1. The van der Waals surface area contributed by atoms with E-state index in [1.54, 1.807) is 0 Å². The van der Waals surface area contributed by atoms with Gasteiger partial charge < -0.3 is 5.11 Å². The van der Waals surface area contributed by atoms with E-state index in [9.17, 15) is 13.2 Å². The monoisotopic (exact) mass is 325 g/mol. The van der Waals surface area contributed by atoms with E-state index in [1.807, 2.05) is 0 Å². The summed E-state index contributed by atoms with van der Waals surface area (Å²) in [5, 5.41) is 8.63. The highest BCUT2D eigenvalue weighted by Crippen LogP contribution is 2.28. The largest absolute Gasteiger partial charge is 0.480 e. The molecule has 1 saturated carbocycles. The van der Waals surface area contributed by atoms with Crippen LogP contribution < -0.4 is 0 Å². The van der Waals surface area contributed by atoms with Crippen molar-refractivity contribution in [2.75, 3.05) is 18.1 Å². The van der Waals surface area contributed by atoms with Gasteiger partial charge in [0, 0.05) is 19.1 Å². The van der Waals surface area contributed by atoms with E-state index in [4.69, 9.17) is 5.11 Å². The van der Waals surface area contributed by atoms with Crippen LogP contribution in [0.1, 0.15) is 29.5 Å². The van der Waals surface area contributed by atoms with Crippen LogP contribution in [0.4, 0.5) is 0 Å². The summed E-state index contributed by atoms with van der Waals surface area (Å²) in [6.07, 6.45) is 2.17. The van der Waals surface area contributed by atoms with Crippen LogP contribution in [0.5, 0.6) is 0 Å². The van der Waals surface area contributed by atoms with Gasteiger partial charge in [-0.3, -0.25) is 9.69 Å². The molecule has 0 atom stereocenters. The summed E-state index contributed by atoms with van der Waals surface area (Å²) < 4.78 is 23.5. The molecule has 0 aliphatic heterocycles. The van der Waals surface area contributed by atoms with Crippen LogP contribution >= 0.6 is 0 Å². The first-order valence-corrected chi connectivity index (χ1v) is 9.31. The topological polar surface area (TPSA) is 74.7 Å². The van der Waals surface area contributed by atoms with Crippen molar-refractivity contribution in [1.29, 1.82) is 0 Å². The molecule has 1 aromatic rings. The first kappa shape index (κ1) is 17.0. The molecule has 2 rings (SSSR count). The van der Waals surface area contributed by atoms with Gasteiger partial charge >= 0.3 is 5.97 Å². The van der Waals surface area contributed by atoms with Crippen LogP contribution in [-0.2, 0) is 21.2 Å². The van der Waals surface area contributed by atoms with Crippen LogP contribution in [0.2, 0.25) is 0 Å². The number of nitrogens with zero attached hydrogens (tertiary/aromatic N) is 1. The molecule has 0 aromatic heterocycles. The Kier molecular flexibility index (Phi) is 5.24. The van der Waals surface area contributed by atoms with E-state index >= 15 is 0 Å². The smallest absolute Gasteiger partial charge is 0.318 e. The third-order valence-electron chi connectivity index (χ3n) is 4.05. The number of aliphatic carboxylic acids is 1. The zero-order valence-corrected chi connectivity index (χ0v) is 13.9. The summed E-state index contributed by atoms with van der Waals surface area (Å²) >= 11 is 0. The number of hydrogen-bond acceptors (Lipinski definition) is 4. The summed E-state index contributed by atoms with van der Waals surface area (Å²) in [4.78, 5) is 12.7. The lowest BCUT2D eigenvalue weighted by Crippen LogP contribution is -2.32. The average Bonchev–Trinajstić information content (AvgIpc) is 3.21. The van der Waals surface area contributed by atoms with Gasteiger partial charge in [-0.1, -0.05) is 18.2 Å². The van der Waals surface area contributed by atoms with Crippen LogP contribution in [0.25, 0.3) is 0 Å². The molecule has 1 aromatic carbocycles. The van der Waals surface area contributed by atoms with E-state index in [2.05, 4.69) is 36.9 Å². The molecular formula is C16H23NO4S. The maximum atomic E-state index is 11.7. The molecule has 6 heteroatoms. The van der Waals surface area contributed by atoms with Gasteiger partial charge in [0.25, 0.3) is 0 Å². The van der Waals surface area contributed by atoms with Crippen LogP contribution in [0.3, 0.4) is 0 Å². The normalized spacial score (nSPS) is 15.2. The highest BCUT2D eigenvalue weighted by molar-refractivity contribution is 7.92. The second kappa shape index (κ2) is 6.79. The Morgan fingerprint density at radius 3 is 2.50 bits per heavy atom. The summed E-state index contributed by atoms with van der Waals surface area (Å²) in [5.41, 5.74) is 3.64. The van der Waals surface area contributed by atoms with Gasteiger partial charge in [-0.2, -0.15) is 0 Å². The second-order valence-electron chi connectivity index (χ2n) is 6.11. The molecule has 0 heterocycles. The molecule has 0 radical (unpaired) electrons. The minimum Gasteiger partial charge on any atom is -0.480 e. The number of carboxylic acids is 1. The molecule has 0 unspecified atom stereocenters. The minimum atomic E-state index is -3.53. The zero-order valence-electron chi connectivity index (χ0n) is 13.1. The van der Waals surface area contributed by atoms with Gasteiger partial charge in [0.2, 0.25) is 0 Å². The maximum Gasteiger partial charge on any atom is 0.318 e. The summed E-state index contributed by atoms with van der Waals surface area (Å²) in [6, 6.07) is 6.72. The number of benzene rings is 1. The fourth-order valence-corrected chi connectivity index (χ4v) is 3.52. The number of carbonyl (C=O) groups is 1. The number of rotatable bonds is 8. The predicted octanol–water partition coefficient (Wildman–Crippen LogP) is 1.77. The van der Waals surface area contributed by atoms with Crippen molar-refractivity contribution in [2.24, 2.45) is 0 Å². The van der Waals surface area contributed by atoms with Crippen molar-refractivity contribution in [2.45, 2.75) is 39.3 Å². The van der Waals surface area contributed by atoms with E-state index in [-0.39, 0.29) is 5.75 Å². The van der Waals surface area contributed by atoms with Crippen molar-refractivity contribution in [1.82, 2.24) is 4.90 Å². The Balaban J connectivity index is 1.98. The lowest BCUT2D eigenvalue weighted by molar-refractivity contribution is -0.134. The minimum absolute atomic E-state index is 0.0966. The average molecular weight is 325 g/mol. The molecule has 1 aliphatic rings. The number of hydrogen-bond donors (Lipinski definition) is 1. The zero-order chi connectivity index (χ0) is 16.3. The molecule has 1 N–H and O–H groups in total.